The van der Waals surface area contributed by atoms with Gasteiger partial charge < -0.3 is 13.9 Å². The fraction of sp³-hybridized carbons (Fsp3) is 0.385. The standard InChI is InChI=1S/C26H29FN2O6/c27-22-6-5-19-15-21(26(31)35-24(19)17-22)16-20(25(30)28-32)4-1-18-2-7-23(8-3-18)34-14-11-29-9-12-33-13-10-29/h2-3,5-8,15,17,20,32H,1,4,9-14,16H2,(H,28,30). The molecule has 1 aliphatic heterocycles. The number of hydroxylamine groups is 1. The molecule has 0 aliphatic carbocycles. The molecule has 0 radical (unpaired) electrons. The minimum atomic E-state index is -0.648. The molecule has 1 saturated heterocycles. The van der Waals surface area contributed by atoms with Gasteiger partial charge in [0.2, 0.25) is 5.91 Å². The first-order valence-corrected chi connectivity index (χ1v) is 11.7. The Morgan fingerprint density at radius 2 is 1.91 bits per heavy atom. The highest BCUT2D eigenvalue weighted by Crippen LogP contribution is 2.20. The van der Waals surface area contributed by atoms with Gasteiger partial charge in [0.1, 0.15) is 23.8 Å². The summed E-state index contributed by atoms with van der Waals surface area (Å²) in [5, 5.41) is 9.76. The summed E-state index contributed by atoms with van der Waals surface area (Å²) in [5.41, 5.74) is 2.51. The third-order valence-corrected chi connectivity index (χ3v) is 6.20. The Bertz CT molecular complexity index is 1190. The second-order valence-electron chi connectivity index (χ2n) is 8.60. The summed E-state index contributed by atoms with van der Waals surface area (Å²) in [6, 6.07) is 13.2. The lowest BCUT2D eigenvalue weighted by Crippen LogP contribution is -2.38. The van der Waals surface area contributed by atoms with E-state index in [9.17, 15) is 19.2 Å². The zero-order valence-electron chi connectivity index (χ0n) is 19.4. The van der Waals surface area contributed by atoms with Crippen molar-refractivity contribution in [2.45, 2.75) is 19.3 Å². The minimum absolute atomic E-state index is 0.0881. The van der Waals surface area contributed by atoms with Crippen LogP contribution in [-0.4, -0.2) is 55.5 Å². The number of carbonyl (C=O) groups is 1. The Morgan fingerprint density at radius 3 is 2.66 bits per heavy atom. The molecular formula is C26H29FN2O6. The Balaban J connectivity index is 1.34. The number of aryl methyl sites for hydroxylation is 1. The van der Waals surface area contributed by atoms with Crippen molar-refractivity contribution in [1.82, 2.24) is 10.4 Å². The van der Waals surface area contributed by atoms with Crippen LogP contribution in [0.3, 0.4) is 0 Å². The highest BCUT2D eigenvalue weighted by atomic mass is 19.1. The van der Waals surface area contributed by atoms with Crippen LogP contribution in [0, 0.1) is 11.7 Å². The van der Waals surface area contributed by atoms with Crippen LogP contribution in [0.4, 0.5) is 4.39 Å². The number of nitrogens with one attached hydrogen (secondary N) is 1. The van der Waals surface area contributed by atoms with Gasteiger partial charge in [-0.2, -0.15) is 0 Å². The second kappa shape index (κ2) is 11.9. The Hall–Kier alpha value is -3.27. The van der Waals surface area contributed by atoms with Crippen molar-refractivity contribution in [2.24, 2.45) is 5.92 Å². The van der Waals surface area contributed by atoms with E-state index in [2.05, 4.69) is 4.90 Å². The molecule has 186 valence electrons. The van der Waals surface area contributed by atoms with Gasteiger partial charge in [0.05, 0.1) is 13.2 Å². The highest BCUT2D eigenvalue weighted by molar-refractivity contribution is 5.79. The smallest absolute Gasteiger partial charge is 0.339 e. The zero-order chi connectivity index (χ0) is 24.6. The summed E-state index contributed by atoms with van der Waals surface area (Å²) in [7, 11) is 0. The average Bonchev–Trinajstić information content (AvgIpc) is 2.88. The third-order valence-electron chi connectivity index (χ3n) is 6.20. The van der Waals surface area contributed by atoms with Crippen LogP contribution in [0.5, 0.6) is 5.75 Å². The van der Waals surface area contributed by atoms with E-state index in [1.54, 1.807) is 11.5 Å². The molecule has 1 atom stereocenters. The van der Waals surface area contributed by atoms with Crippen LogP contribution in [0.25, 0.3) is 11.0 Å². The molecule has 8 nitrogen and oxygen atoms in total. The fourth-order valence-corrected chi connectivity index (χ4v) is 4.16. The molecule has 9 heteroatoms. The molecule has 0 saturated carbocycles. The van der Waals surface area contributed by atoms with Crippen molar-refractivity contribution in [3.8, 4) is 5.75 Å². The van der Waals surface area contributed by atoms with Gasteiger partial charge in [0.15, 0.2) is 0 Å². The molecule has 1 aliphatic rings. The van der Waals surface area contributed by atoms with E-state index in [-0.39, 0.29) is 12.0 Å². The highest BCUT2D eigenvalue weighted by Gasteiger charge is 2.21. The molecular weight excluding hydrogens is 455 g/mol. The molecule has 1 amide bonds. The number of ether oxygens (including phenoxy) is 2. The summed E-state index contributed by atoms with van der Waals surface area (Å²) in [6.45, 7) is 4.81. The predicted molar refractivity (Wildman–Crippen MR) is 127 cm³/mol. The van der Waals surface area contributed by atoms with Crippen LogP contribution in [0.1, 0.15) is 17.5 Å². The van der Waals surface area contributed by atoms with Gasteiger partial charge in [-0.1, -0.05) is 12.1 Å². The van der Waals surface area contributed by atoms with Crippen molar-refractivity contribution < 1.29 is 28.3 Å². The zero-order valence-corrected chi connectivity index (χ0v) is 19.4. The molecule has 3 aromatic rings. The number of rotatable bonds is 10. The molecule has 1 fully saturated rings. The lowest BCUT2D eigenvalue weighted by atomic mass is 9.92. The minimum Gasteiger partial charge on any atom is -0.492 e. The molecule has 2 heterocycles. The predicted octanol–water partition coefficient (Wildman–Crippen LogP) is 2.94. The first-order valence-electron chi connectivity index (χ1n) is 11.7. The molecule has 35 heavy (non-hydrogen) atoms. The molecule has 2 aromatic carbocycles. The van der Waals surface area contributed by atoms with Crippen molar-refractivity contribution in [3.63, 3.8) is 0 Å². The van der Waals surface area contributed by atoms with Crippen LogP contribution in [0.15, 0.2) is 57.7 Å². The van der Waals surface area contributed by atoms with E-state index in [0.717, 1.165) is 50.2 Å². The Morgan fingerprint density at radius 1 is 1.14 bits per heavy atom. The second-order valence-corrected chi connectivity index (χ2v) is 8.60. The van der Waals surface area contributed by atoms with Crippen LogP contribution >= 0.6 is 0 Å². The number of amides is 1. The van der Waals surface area contributed by atoms with Gasteiger partial charge in [0.25, 0.3) is 0 Å². The largest absolute Gasteiger partial charge is 0.492 e. The van der Waals surface area contributed by atoms with E-state index in [1.165, 1.54) is 12.1 Å². The topological polar surface area (TPSA) is 101 Å². The Labute approximate surface area is 202 Å². The first kappa shape index (κ1) is 24.8. The van der Waals surface area contributed by atoms with E-state index in [0.29, 0.717) is 30.4 Å². The summed E-state index contributed by atoms with van der Waals surface area (Å²) in [6.07, 6.45) is 1.06. The number of halogens is 1. The number of benzene rings is 2. The first-order chi connectivity index (χ1) is 17.0. The van der Waals surface area contributed by atoms with Crippen LogP contribution in [0.2, 0.25) is 0 Å². The molecule has 0 bridgehead atoms. The number of hydrogen-bond acceptors (Lipinski definition) is 7. The quantitative estimate of drug-likeness (QED) is 0.259. The van der Waals surface area contributed by atoms with Crippen LogP contribution < -0.4 is 15.8 Å². The summed E-state index contributed by atoms with van der Waals surface area (Å²) in [5.74, 6) is -0.951. The van der Waals surface area contributed by atoms with Crippen molar-refractivity contribution in [2.75, 3.05) is 39.5 Å². The van der Waals surface area contributed by atoms with Gasteiger partial charge in [-0.25, -0.2) is 14.7 Å². The van der Waals surface area contributed by atoms with Gasteiger partial charge in [-0.15, -0.1) is 0 Å². The molecule has 0 spiro atoms. The van der Waals surface area contributed by atoms with Crippen molar-refractivity contribution in [3.05, 3.63) is 75.9 Å². The lowest BCUT2D eigenvalue weighted by Gasteiger charge is -2.26. The van der Waals surface area contributed by atoms with Crippen molar-refractivity contribution >= 4 is 16.9 Å². The lowest BCUT2D eigenvalue weighted by molar-refractivity contribution is -0.133. The monoisotopic (exact) mass is 484 g/mol. The number of morpholine rings is 1. The van der Waals surface area contributed by atoms with Gasteiger partial charge in [0, 0.05) is 42.6 Å². The number of fused-ring (bicyclic) bond motifs is 1. The number of nitrogens with zero attached hydrogens (tertiary/aromatic N) is 1. The molecule has 1 aromatic heterocycles. The molecule has 2 N–H and O–H groups in total. The Kier molecular flexibility index (Phi) is 8.46. The normalized spacial score (nSPS) is 15.1. The van der Waals surface area contributed by atoms with Gasteiger partial charge in [-0.3, -0.25) is 14.9 Å². The van der Waals surface area contributed by atoms with Crippen LogP contribution in [-0.2, 0) is 22.4 Å². The van der Waals surface area contributed by atoms with E-state index >= 15 is 0 Å². The maximum absolute atomic E-state index is 13.4. The summed E-state index contributed by atoms with van der Waals surface area (Å²) in [4.78, 5) is 27.0. The van der Waals surface area contributed by atoms with E-state index in [1.807, 2.05) is 24.3 Å². The summed E-state index contributed by atoms with van der Waals surface area (Å²) < 4.78 is 29.8. The van der Waals surface area contributed by atoms with Gasteiger partial charge >= 0.3 is 5.63 Å². The average molecular weight is 485 g/mol. The molecule has 4 rings (SSSR count). The molecule has 1 unspecified atom stereocenters. The van der Waals surface area contributed by atoms with Crippen molar-refractivity contribution in [1.29, 1.82) is 0 Å². The SMILES string of the molecule is O=C(NO)C(CCc1ccc(OCCN2CCOCC2)cc1)Cc1cc2ccc(F)cc2oc1=O. The summed E-state index contributed by atoms with van der Waals surface area (Å²) >= 11 is 0. The maximum Gasteiger partial charge on any atom is 0.339 e. The van der Waals surface area contributed by atoms with E-state index < -0.39 is 23.3 Å². The maximum atomic E-state index is 13.4. The fourth-order valence-electron chi connectivity index (χ4n) is 4.16. The number of hydrogen-bond donors (Lipinski definition) is 2. The van der Waals surface area contributed by atoms with Gasteiger partial charge in [-0.05, 0) is 55.2 Å². The number of carbonyl (C=O) groups excluding carboxylic acids is 1. The third kappa shape index (κ3) is 6.88. The van der Waals surface area contributed by atoms with E-state index in [4.69, 9.17) is 13.9 Å².